The molecule has 0 bridgehead atoms. The van der Waals surface area contributed by atoms with E-state index in [0.717, 1.165) is 33.0 Å². The van der Waals surface area contributed by atoms with Crippen LogP contribution in [0.15, 0.2) is 127 Å². The van der Waals surface area contributed by atoms with Crippen LogP contribution in [-0.4, -0.2) is 86.9 Å². The van der Waals surface area contributed by atoms with Gasteiger partial charge >= 0.3 is 11.9 Å². The molecular weight excluding hydrogens is 761 g/mol. The van der Waals surface area contributed by atoms with Gasteiger partial charge in [0.15, 0.2) is 10.9 Å². The summed E-state index contributed by atoms with van der Waals surface area (Å²) < 4.78 is 43.6. The Hall–Kier alpha value is -4.50. The molecule has 4 rings (SSSR count). The number of sulfonamides is 1. The Kier molecular flexibility index (Phi) is 15.2. The molecule has 0 spiro atoms. The van der Waals surface area contributed by atoms with E-state index in [1.807, 2.05) is 74.4 Å². The molecule has 0 amide bonds. The van der Waals surface area contributed by atoms with Crippen molar-refractivity contribution < 1.29 is 32.8 Å². The zero-order valence-corrected chi connectivity index (χ0v) is 32.3. The van der Waals surface area contributed by atoms with Gasteiger partial charge in [0.25, 0.3) is 0 Å². The predicted molar refractivity (Wildman–Crippen MR) is 210 cm³/mol. The molecule has 0 saturated heterocycles. The summed E-state index contributed by atoms with van der Waals surface area (Å²) in [5.41, 5.74) is 4.19. The van der Waals surface area contributed by atoms with Crippen molar-refractivity contribution in [3.63, 3.8) is 0 Å². The number of hydrogen-bond donors (Lipinski definition) is 4. The average molecular weight is 799 g/mol. The smallest absolute Gasteiger partial charge is 0.326 e. The standard InChI is InChI=1S/C34H38N8O7S4/c1-41(2)27-13-5-23(6-14-27)35-37-25-9-17-29(18-10-25)52(47)39-31(33(43)44)21-50-51-22-32(34(45)46)40-53(48,49)30-19-11-26(12-20-30)38-36-24-7-15-28(16-8-24)42(3)4/h5-20,31-32,39-40H,21-22H2,1-4H3,(H,43,44)(H,45,46)/b37-35+,38-36+. The topological polar surface area (TPSA) is 212 Å². The van der Waals surface area contributed by atoms with E-state index in [4.69, 9.17) is 0 Å². The third-order valence-corrected chi connectivity index (χ3v) is 12.3. The third kappa shape index (κ3) is 12.8. The van der Waals surface area contributed by atoms with Crippen molar-refractivity contribution in [3.05, 3.63) is 97.1 Å². The molecule has 4 aromatic rings. The largest absolute Gasteiger partial charge is 0.593 e. The van der Waals surface area contributed by atoms with Crippen molar-refractivity contribution >= 4 is 89.0 Å². The van der Waals surface area contributed by atoms with Crippen molar-refractivity contribution in [1.82, 2.24) is 9.44 Å². The van der Waals surface area contributed by atoms with Gasteiger partial charge in [-0.2, -0.15) is 25.2 Å². The Morgan fingerprint density at radius 2 is 1.02 bits per heavy atom. The number of benzene rings is 4. The first-order valence-electron chi connectivity index (χ1n) is 15.7. The highest BCUT2D eigenvalue weighted by Crippen LogP contribution is 2.27. The number of nitrogens with one attached hydrogen (secondary N) is 2. The van der Waals surface area contributed by atoms with Crippen molar-refractivity contribution in [1.29, 1.82) is 0 Å². The molecule has 0 saturated carbocycles. The minimum Gasteiger partial charge on any atom is -0.593 e. The Labute approximate surface area is 318 Å². The van der Waals surface area contributed by atoms with E-state index in [2.05, 4.69) is 29.9 Å². The molecule has 0 radical (unpaired) electrons. The van der Waals surface area contributed by atoms with Crippen LogP contribution in [0.2, 0.25) is 0 Å². The molecule has 53 heavy (non-hydrogen) atoms. The molecule has 0 aromatic heterocycles. The Bertz CT molecular complexity index is 1980. The summed E-state index contributed by atoms with van der Waals surface area (Å²) in [4.78, 5) is 27.9. The van der Waals surface area contributed by atoms with Gasteiger partial charge in [0.2, 0.25) is 10.0 Å². The maximum Gasteiger partial charge on any atom is 0.326 e. The summed E-state index contributed by atoms with van der Waals surface area (Å²) in [6.45, 7) is 0. The molecule has 280 valence electrons. The Morgan fingerprint density at radius 3 is 1.40 bits per heavy atom. The van der Waals surface area contributed by atoms with Crippen LogP contribution < -0.4 is 19.2 Å². The van der Waals surface area contributed by atoms with Crippen LogP contribution in [0.3, 0.4) is 0 Å². The van der Waals surface area contributed by atoms with E-state index in [1.165, 1.54) is 24.3 Å². The highest BCUT2D eigenvalue weighted by Gasteiger charge is 2.28. The fourth-order valence-corrected chi connectivity index (χ4v) is 8.86. The monoisotopic (exact) mass is 798 g/mol. The number of azo groups is 2. The minimum atomic E-state index is -4.23. The number of anilines is 2. The summed E-state index contributed by atoms with van der Waals surface area (Å²) in [5, 5.41) is 36.1. The van der Waals surface area contributed by atoms with Crippen LogP contribution in [-0.2, 0) is 31.0 Å². The second-order valence-corrected chi connectivity index (χ2v) is 17.1. The maximum atomic E-state index is 13.0. The molecule has 0 aliphatic heterocycles. The van der Waals surface area contributed by atoms with Gasteiger partial charge in [0.1, 0.15) is 6.04 Å². The van der Waals surface area contributed by atoms with Crippen LogP contribution in [0.1, 0.15) is 0 Å². The van der Waals surface area contributed by atoms with Crippen LogP contribution in [0, 0.1) is 0 Å². The van der Waals surface area contributed by atoms with Gasteiger partial charge < -0.3 is 24.6 Å². The van der Waals surface area contributed by atoms with Gasteiger partial charge in [-0.1, -0.05) is 21.6 Å². The normalized spacial score (nSPS) is 13.5. The molecule has 4 N–H and O–H groups in total. The number of nitrogens with zero attached hydrogens (tertiary/aromatic N) is 6. The molecule has 4 aromatic carbocycles. The van der Waals surface area contributed by atoms with E-state index in [1.54, 1.807) is 36.4 Å². The first kappa shape index (κ1) is 41.3. The van der Waals surface area contributed by atoms with Crippen molar-refractivity contribution in [3.8, 4) is 0 Å². The van der Waals surface area contributed by atoms with Gasteiger partial charge in [-0.3, -0.25) is 9.59 Å². The van der Waals surface area contributed by atoms with Gasteiger partial charge in [0, 0.05) is 51.1 Å². The lowest BCUT2D eigenvalue weighted by Gasteiger charge is -2.17. The zero-order valence-electron chi connectivity index (χ0n) is 29.1. The van der Waals surface area contributed by atoms with E-state index < -0.39 is 45.4 Å². The molecule has 3 unspecified atom stereocenters. The summed E-state index contributed by atoms with van der Waals surface area (Å²) in [6, 6.07) is 23.9. The third-order valence-electron chi connectivity index (χ3n) is 7.19. The average Bonchev–Trinajstić information content (AvgIpc) is 3.14. The number of carboxylic acids is 2. The number of hydrogen-bond acceptors (Lipinski definition) is 14. The van der Waals surface area contributed by atoms with Crippen molar-refractivity contribution in [2.24, 2.45) is 20.5 Å². The molecule has 19 heteroatoms. The number of carbonyl (C=O) groups is 2. The quantitative estimate of drug-likeness (QED) is 0.0345. The second-order valence-electron chi connectivity index (χ2n) is 11.6. The van der Waals surface area contributed by atoms with Crippen LogP contribution in [0.4, 0.5) is 34.1 Å². The lowest BCUT2D eigenvalue weighted by Crippen LogP contribution is -2.43. The van der Waals surface area contributed by atoms with Crippen molar-refractivity contribution in [2.45, 2.75) is 21.9 Å². The van der Waals surface area contributed by atoms with Gasteiger partial charge in [-0.25, -0.2) is 8.42 Å². The van der Waals surface area contributed by atoms with E-state index in [9.17, 15) is 32.8 Å². The molecule has 0 fully saturated rings. The molecule has 3 atom stereocenters. The zero-order chi connectivity index (χ0) is 38.5. The molecule has 0 aliphatic rings. The Balaban J connectivity index is 1.26. The fraction of sp³-hybridized carbons (Fsp3) is 0.235. The van der Waals surface area contributed by atoms with E-state index >= 15 is 0 Å². The molecule has 15 nitrogen and oxygen atoms in total. The first-order valence-corrected chi connectivity index (χ1v) is 20.8. The molecule has 0 heterocycles. The van der Waals surface area contributed by atoms with E-state index in [0.29, 0.717) is 27.6 Å². The number of rotatable bonds is 19. The number of aliphatic carboxylic acids is 2. The predicted octanol–water partition coefficient (Wildman–Crippen LogP) is 6.53. The first-order chi connectivity index (χ1) is 25.2. The maximum absolute atomic E-state index is 13.0. The summed E-state index contributed by atoms with van der Waals surface area (Å²) in [6.07, 6.45) is 0. The molecule has 0 aliphatic carbocycles. The van der Waals surface area contributed by atoms with Gasteiger partial charge in [-0.15, -0.1) is 4.72 Å². The fourth-order valence-electron chi connectivity index (χ4n) is 4.19. The van der Waals surface area contributed by atoms with Gasteiger partial charge in [0.05, 0.1) is 39.0 Å². The van der Waals surface area contributed by atoms with Crippen LogP contribution in [0.25, 0.3) is 0 Å². The van der Waals surface area contributed by atoms with Gasteiger partial charge in [-0.05, 0) is 97.1 Å². The lowest BCUT2D eigenvalue weighted by atomic mass is 10.3. The summed E-state index contributed by atoms with van der Waals surface area (Å²) >= 11 is -1.89. The summed E-state index contributed by atoms with van der Waals surface area (Å²) in [7, 11) is 5.44. The van der Waals surface area contributed by atoms with Crippen molar-refractivity contribution in [2.75, 3.05) is 49.5 Å². The van der Waals surface area contributed by atoms with E-state index in [-0.39, 0.29) is 16.4 Å². The van der Waals surface area contributed by atoms with Crippen LogP contribution in [0.5, 0.6) is 0 Å². The lowest BCUT2D eigenvalue weighted by molar-refractivity contribution is -0.139. The summed E-state index contributed by atoms with van der Waals surface area (Å²) in [5.74, 6) is -2.99. The minimum absolute atomic E-state index is 0.0977. The highest BCUT2D eigenvalue weighted by atomic mass is 33.1. The Morgan fingerprint density at radius 1 is 0.660 bits per heavy atom. The number of carboxylic acid groups (broad SMARTS) is 2. The van der Waals surface area contributed by atoms with Crippen LogP contribution >= 0.6 is 21.6 Å². The molecular formula is C34H38N8O7S4. The SMILES string of the molecule is CN(C)c1ccc(/N=N/c2ccc([S+]([O-])NC(CSSCC(NS(=O)(=O)c3ccc(/N=N/c4ccc(N(C)C)cc4)cc3)C(=O)O)C(=O)O)cc2)cc1. The highest BCUT2D eigenvalue weighted by molar-refractivity contribution is 8.76. The second kappa shape index (κ2) is 19.5.